The van der Waals surface area contributed by atoms with Crippen LogP contribution in [0.4, 0.5) is 0 Å². The zero-order chi connectivity index (χ0) is 27.2. The third kappa shape index (κ3) is 35.1. The minimum absolute atomic E-state index is 0. The van der Waals surface area contributed by atoms with Crippen molar-refractivity contribution in [1.29, 1.82) is 0 Å². The van der Waals surface area contributed by atoms with Crippen molar-refractivity contribution < 1.29 is 19.8 Å². The van der Waals surface area contributed by atoms with E-state index in [2.05, 4.69) is 34.6 Å². The Morgan fingerprint density at radius 3 is 1.44 bits per heavy atom. The van der Waals surface area contributed by atoms with Gasteiger partial charge in [0.05, 0.1) is 5.97 Å². The Bertz CT molecular complexity index is 567. The Kier molecular flexibility index (Phi) is 42.2. The standard InChI is InChI=1S/C13H26O2.C10H12O2.2C4H9.Sn/c1-2-3-4-5-6-7-8-9-10-11-12-13(14)15;1-2-5-8-6-3-4-7-9(8)10(11)12;2*1-3-4-2;/h2-12H2,1H3,(H,14,15);3-4,6-7H,2,5H2,1H3,(H,11,12);2*1,3-4H2,2H3;/q;;;;+2/p-2. The SMILES string of the molecule is CCCCCCCCCCCCC(=O)[O-].CCCc1ccccc1C(=O)[O-].[CH2]CCC.[CH2]CCC.[Sn+2]. The molecule has 0 spiro atoms. The number of carboxylic acids is 2. The summed E-state index contributed by atoms with van der Waals surface area (Å²) in [6, 6.07) is 6.97. The molecule has 0 aliphatic rings. The van der Waals surface area contributed by atoms with Crippen LogP contribution >= 0.6 is 0 Å². The van der Waals surface area contributed by atoms with Crippen molar-refractivity contribution in [2.75, 3.05) is 0 Å². The van der Waals surface area contributed by atoms with Crippen molar-refractivity contribution in [3.05, 3.63) is 49.2 Å². The monoisotopic (exact) mass is 610 g/mol. The fraction of sp³-hybridized carbons (Fsp3) is 0.677. The summed E-state index contributed by atoms with van der Waals surface area (Å²) in [4.78, 5) is 20.7. The second-order valence-electron chi connectivity index (χ2n) is 8.71. The number of unbranched alkanes of at least 4 members (excludes halogenated alkanes) is 11. The topological polar surface area (TPSA) is 80.3 Å². The van der Waals surface area contributed by atoms with Gasteiger partial charge in [0, 0.05) is 11.5 Å². The molecule has 1 rings (SSSR count). The first-order valence-corrected chi connectivity index (χ1v) is 13.9. The molecule has 0 aliphatic carbocycles. The molecular weight excluding hydrogens is 555 g/mol. The van der Waals surface area contributed by atoms with Crippen LogP contribution in [0.3, 0.4) is 0 Å². The van der Waals surface area contributed by atoms with Crippen LogP contribution in [0.1, 0.15) is 146 Å². The molecule has 0 bridgehead atoms. The molecule has 0 saturated heterocycles. The van der Waals surface area contributed by atoms with Gasteiger partial charge in [-0.05, 0) is 24.8 Å². The number of hydrogen-bond donors (Lipinski definition) is 0. The van der Waals surface area contributed by atoms with Crippen LogP contribution in [-0.2, 0) is 11.2 Å². The Morgan fingerprint density at radius 2 is 1.08 bits per heavy atom. The van der Waals surface area contributed by atoms with E-state index in [-0.39, 0.29) is 30.3 Å². The zero-order valence-corrected chi connectivity index (χ0v) is 26.7. The summed E-state index contributed by atoms with van der Waals surface area (Å²) in [6.07, 6.45) is 18.9. The molecule has 1 aromatic rings. The third-order valence-corrected chi connectivity index (χ3v) is 5.20. The first-order chi connectivity index (χ1) is 16.9. The van der Waals surface area contributed by atoms with Gasteiger partial charge in [0.1, 0.15) is 0 Å². The molecule has 4 radical (unpaired) electrons. The molecule has 5 heteroatoms. The molecule has 0 aliphatic heterocycles. The second kappa shape index (κ2) is 36.1. The summed E-state index contributed by atoms with van der Waals surface area (Å²) in [6.45, 7) is 15.7. The largest absolute Gasteiger partial charge is 2.00 e. The number of carbonyl (C=O) groups excluding carboxylic acids is 2. The molecule has 0 aromatic heterocycles. The summed E-state index contributed by atoms with van der Waals surface area (Å²) < 4.78 is 0. The van der Waals surface area contributed by atoms with E-state index in [1.807, 2.05) is 19.1 Å². The Hall–Kier alpha value is -1.04. The van der Waals surface area contributed by atoms with E-state index < -0.39 is 11.9 Å². The van der Waals surface area contributed by atoms with Crippen LogP contribution in [0, 0.1) is 13.8 Å². The fourth-order valence-corrected chi connectivity index (χ4v) is 2.96. The first kappa shape index (κ1) is 42.1. The molecule has 1 aromatic carbocycles. The van der Waals surface area contributed by atoms with Crippen LogP contribution in [0.25, 0.3) is 0 Å². The molecule has 0 heterocycles. The van der Waals surface area contributed by atoms with Gasteiger partial charge < -0.3 is 19.8 Å². The second-order valence-corrected chi connectivity index (χ2v) is 8.71. The van der Waals surface area contributed by atoms with Crippen LogP contribution in [0.2, 0.25) is 0 Å². The van der Waals surface area contributed by atoms with Crippen LogP contribution in [0.15, 0.2) is 24.3 Å². The van der Waals surface area contributed by atoms with Crippen molar-refractivity contribution in [1.82, 2.24) is 0 Å². The molecule has 0 unspecified atom stereocenters. The van der Waals surface area contributed by atoms with Gasteiger partial charge in [0.2, 0.25) is 0 Å². The predicted molar refractivity (Wildman–Crippen MR) is 153 cm³/mol. The molecule has 0 amide bonds. The Morgan fingerprint density at radius 1 is 0.667 bits per heavy atom. The maximum Gasteiger partial charge on any atom is 2.00 e. The molecule has 36 heavy (non-hydrogen) atoms. The number of hydrogen-bond acceptors (Lipinski definition) is 4. The van der Waals surface area contributed by atoms with E-state index in [1.165, 1.54) is 64.2 Å². The number of aliphatic carboxylic acids is 1. The summed E-state index contributed by atoms with van der Waals surface area (Å²) in [5.74, 6) is -1.99. The van der Waals surface area contributed by atoms with Gasteiger partial charge >= 0.3 is 23.9 Å². The number of carboxylic acid groups (broad SMARTS) is 2. The fourth-order valence-electron chi connectivity index (χ4n) is 2.96. The van der Waals surface area contributed by atoms with Crippen LogP contribution < -0.4 is 10.2 Å². The number of aryl methyl sites for hydroxylation is 1. The normalized spacial score (nSPS) is 9.28. The maximum atomic E-state index is 10.6. The zero-order valence-electron chi connectivity index (χ0n) is 23.9. The Balaban J connectivity index is -0.000000217. The van der Waals surface area contributed by atoms with Crippen molar-refractivity contribution in [2.24, 2.45) is 0 Å². The molecule has 0 N–H and O–H groups in total. The average Bonchev–Trinajstić information content (AvgIpc) is 2.86. The molecule has 206 valence electrons. The maximum absolute atomic E-state index is 10.6. The molecule has 0 atom stereocenters. The van der Waals surface area contributed by atoms with Crippen molar-refractivity contribution in [3.8, 4) is 0 Å². The van der Waals surface area contributed by atoms with E-state index >= 15 is 0 Å². The van der Waals surface area contributed by atoms with Gasteiger partial charge in [0.15, 0.2) is 0 Å². The van der Waals surface area contributed by atoms with Crippen LogP contribution in [0.5, 0.6) is 0 Å². The van der Waals surface area contributed by atoms with E-state index in [9.17, 15) is 19.8 Å². The molecule has 0 fully saturated rings. The van der Waals surface area contributed by atoms with Crippen molar-refractivity contribution >= 4 is 35.8 Å². The minimum atomic E-state index is -1.08. The summed E-state index contributed by atoms with van der Waals surface area (Å²) in [5.41, 5.74) is 1.18. The molecule has 4 nitrogen and oxygen atoms in total. The smallest absolute Gasteiger partial charge is 0.550 e. The molecule has 0 saturated carbocycles. The number of rotatable bonds is 16. The van der Waals surface area contributed by atoms with Gasteiger partial charge in [-0.2, -0.15) is 0 Å². The Labute approximate surface area is 241 Å². The summed E-state index contributed by atoms with van der Waals surface area (Å²) >= 11 is 0. The first-order valence-electron chi connectivity index (χ1n) is 13.9. The van der Waals surface area contributed by atoms with Gasteiger partial charge in [-0.25, -0.2) is 0 Å². The number of carbonyl (C=O) groups is 2. The average molecular weight is 609 g/mol. The van der Waals surface area contributed by atoms with Gasteiger partial charge in [-0.1, -0.05) is 156 Å². The number of aromatic carboxylic acids is 1. The van der Waals surface area contributed by atoms with E-state index in [0.29, 0.717) is 5.56 Å². The summed E-state index contributed by atoms with van der Waals surface area (Å²) in [5, 5.41) is 20.7. The quantitative estimate of drug-likeness (QED) is 0.151. The third-order valence-electron chi connectivity index (χ3n) is 5.20. The van der Waals surface area contributed by atoms with Gasteiger partial charge in [0.25, 0.3) is 0 Å². The predicted octanol–water partition coefficient (Wildman–Crippen LogP) is 6.91. The summed E-state index contributed by atoms with van der Waals surface area (Å²) in [7, 11) is 0. The van der Waals surface area contributed by atoms with E-state index in [4.69, 9.17) is 0 Å². The van der Waals surface area contributed by atoms with Gasteiger partial charge in [-0.15, -0.1) is 0 Å². The minimum Gasteiger partial charge on any atom is -0.550 e. The molecular formula is C31H54O4Sn. The van der Waals surface area contributed by atoms with E-state index in [0.717, 1.165) is 44.1 Å². The van der Waals surface area contributed by atoms with Gasteiger partial charge in [-0.3, -0.25) is 0 Å². The number of benzene rings is 1. The van der Waals surface area contributed by atoms with Crippen molar-refractivity contribution in [2.45, 2.75) is 137 Å². The van der Waals surface area contributed by atoms with Crippen LogP contribution in [-0.4, -0.2) is 35.8 Å². The van der Waals surface area contributed by atoms with E-state index in [1.54, 1.807) is 12.1 Å². The van der Waals surface area contributed by atoms with Crippen molar-refractivity contribution in [3.63, 3.8) is 0 Å².